The fourth-order valence-electron chi connectivity index (χ4n) is 1.07. The predicted molar refractivity (Wildman–Crippen MR) is 48.0 cm³/mol. The van der Waals surface area contributed by atoms with Gasteiger partial charge in [0.05, 0.1) is 0 Å². The van der Waals surface area contributed by atoms with Gasteiger partial charge in [-0.15, -0.1) is 0 Å². The fourth-order valence-corrected chi connectivity index (χ4v) is 2.22. The van der Waals surface area contributed by atoms with Crippen LogP contribution in [0.5, 0.6) is 0 Å². The average molecular weight is 312 g/mol. The molecule has 2 aromatic rings. The van der Waals surface area contributed by atoms with Gasteiger partial charge in [-0.3, -0.25) is 0 Å². The molecule has 0 aliphatic heterocycles. The SMILES string of the molecule is C[n+]1csc2cc(Cl)ccc21.[I-]. The molecule has 2 rings (SSSR count). The molecule has 0 saturated heterocycles. The van der Waals surface area contributed by atoms with Crippen molar-refractivity contribution >= 4 is 33.2 Å². The van der Waals surface area contributed by atoms with Crippen LogP contribution in [0.3, 0.4) is 0 Å². The first kappa shape index (κ1) is 10.2. The summed E-state index contributed by atoms with van der Waals surface area (Å²) in [6.45, 7) is 0. The number of aromatic nitrogens is 1. The molecule has 1 heterocycles. The molecule has 0 spiro atoms. The van der Waals surface area contributed by atoms with Crippen LogP contribution in [-0.4, -0.2) is 0 Å². The summed E-state index contributed by atoms with van der Waals surface area (Å²) in [6.07, 6.45) is 0. The van der Waals surface area contributed by atoms with Crippen LogP contribution in [0.15, 0.2) is 23.7 Å². The Morgan fingerprint density at radius 2 is 2.17 bits per heavy atom. The zero-order valence-electron chi connectivity index (χ0n) is 6.42. The van der Waals surface area contributed by atoms with Gasteiger partial charge < -0.3 is 24.0 Å². The van der Waals surface area contributed by atoms with Gasteiger partial charge in [-0.1, -0.05) is 22.9 Å². The lowest BCUT2D eigenvalue weighted by molar-refractivity contribution is -0.640. The lowest BCUT2D eigenvalue weighted by Gasteiger charge is -1.85. The number of hydrogen-bond donors (Lipinski definition) is 0. The van der Waals surface area contributed by atoms with E-state index in [4.69, 9.17) is 11.6 Å². The van der Waals surface area contributed by atoms with E-state index in [-0.39, 0.29) is 24.0 Å². The molecule has 1 nitrogen and oxygen atoms in total. The summed E-state index contributed by atoms with van der Waals surface area (Å²) in [5.41, 5.74) is 3.31. The first-order chi connectivity index (χ1) is 5.27. The molecular weight excluding hydrogens is 305 g/mol. The van der Waals surface area contributed by atoms with Crippen LogP contribution in [0.4, 0.5) is 0 Å². The van der Waals surface area contributed by atoms with Crippen LogP contribution in [0, 0.1) is 0 Å². The Hall–Kier alpha value is 0.130. The minimum atomic E-state index is 0. The van der Waals surface area contributed by atoms with E-state index >= 15 is 0 Å². The summed E-state index contributed by atoms with van der Waals surface area (Å²) in [6, 6.07) is 5.94. The molecule has 12 heavy (non-hydrogen) atoms. The maximum atomic E-state index is 5.83. The minimum Gasteiger partial charge on any atom is -1.00 e. The van der Waals surface area contributed by atoms with Gasteiger partial charge in [0.15, 0.2) is 0 Å². The van der Waals surface area contributed by atoms with E-state index in [1.165, 1.54) is 10.2 Å². The van der Waals surface area contributed by atoms with E-state index in [1.54, 1.807) is 11.3 Å². The fraction of sp³-hybridized carbons (Fsp3) is 0.125. The van der Waals surface area contributed by atoms with Gasteiger partial charge in [-0.25, -0.2) is 0 Å². The Morgan fingerprint density at radius 3 is 2.92 bits per heavy atom. The molecule has 0 aliphatic carbocycles. The van der Waals surface area contributed by atoms with Crippen molar-refractivity contribution in [3.8, 4) is 0 Å². The lowest BCUT2D eigenvalue weighted by atomic mass is 10.3. The van der Waals surface area contributed by atoms with E-state index in [2.05, 4.69) is 10.1 Å². The number of hydrogen-bond acceptors (Lipinski definition) is 1. The Morgan fingerprint density at radius 1 is 1.42 bits per heavy atom. The van der Waals surface area contributed by atoms with Crippen molar-refractivity contribution in [2.75, 3.05) is 0 Å². The molecule has 0 unspecified atom stereocenters. The smallest absolute Gasteiger partial charge is 0.225 e. The summed E-state index contributed by atoms with van der Waals surface area (Å²) in [5.74, 6) is 0. The topological polar surface area (TPSA) is 3.88 Å². The third-order valence-electron chi connectivity index (χ3n) is 1.64. The largest absolute Gasteiger partial charge is 1.00 e. The second kappa shape index (κ2) is 3.89. The van der Waals surface area contributed by atoms with Crippen molar-refractivity contribution in [3.63, 3.8) is 0 Å². The van der Waals surface area contributed by atoms with Gasteiger partial charge in [0.1, 0.15) is 11.7 Å². The number of aryl methyl sites for hydroxylation is 1. The highest BCUT2D eigenvalue weighted by Gasteiger charge is 2.06. The molecule has 4 heteroatoms. The number of rotatable bonds is 0. The van der Waals surface area contributed by atoms with Crippen molar-refractivity contribution in [1.29, 1.82) is 0 Å². The van der Waals surface area contributed by atoms with Gasteiger partial charge in [-0.2, -0.15) is 4.57 Å². The van der Waals surface area contributed by atoms with E-state index in [0.29, 0.717) is 0 Å². The van der Waals surface area contributed by atoms with Gasteiger partial charge in [0.25, 0.3) is 0 Å². The van der Waals surface area contributed by atoms with Crippen LogP contribution in [-0.2, 0) is 7.05 Å². The molecule has 0 fully saturated rings. The maximum Gasteiger partial charge on any atom is 0.225 e. The Bertz CT molecular complexity index is 399. The number of fused-ring (bicyclic) bond motifs is 1. The van der Waals surface area contributed by atoms with Crippen molar-refractivity contribution in [2.45, 2.75) is 0 Å². The number of benzene rings is 1. The van der Waals surface area contributed by atoms with Crippen LogP contribution >= 0.6 is 22.9 Å². The second-order valence-corrected chi connectivity index (χ2v) is 3.77. The second-order valence-electron chi connectivity index (χ2n) is 2.45. The summed E-state index contributed by atoms with van der Waals surface area (Å²) in [5, 5.41) is 0.806. The minimum absolute atomic E-state index is 0. The Labute approximate surface area is 97.0 Å². The summed E-state index contributed by atoms with van der Waals surface area (Å²) < 4.78 is 3.33. The van der Waals surface area contributed by atoms with E-state index in [1.807, 2.05) is 25.2 Å². The van der Waals surface area contributed by atoms with Crippen molar-refractivity contribution in [1.82, 2.24) is 0 Å². The zero-order valence-corrected chi connectivity index (χ0v) is 10.2. The molecular formula is C8H7ClINS. The van der Waals surface area contributed by atoms with Crippen LogP contribution < -0.4 is 28.5 Å². The molecule has 1 aromatic heterocycles. The van der Waals surface area contributed by atoms with Crippen LogP contribution in [0.2, 0.25) is 5.02 Å². The number of halogens is 2. The third kappa shape index (κ3) is 1.72. The van der Waals surface area contributed by atoms with Crippen LogP contribution in [0.25, 0.3) is 10.2 Å². The molecule has 0 N–H and O–H groups in total. The molecule has 0 atom stereocenters. The van der Waals surface area contributed by atoms with Crippen molar-refractivity contribution in [3.05, 3.63) is 28.7 Å². The van der Waals surface area contributed by atoms with Gasteiger partial charge in [0.2, 0.25) is 11.0 Å². The maximum absolute atomic E-state index is 5.83. The predicted octanol–water partition coefficient (Wildman–Crippen LogP) is -0.617. The van der Waals surface area contributed by atoms with Crippen LogP contribution in [0.1, 0.15) is 0 Å². The Kier molecular flexibility index (Phi) is 3.31. The average Bonchev–Trinajstić information content (AvgIpc) is 2.32. The third-order valence-corrected chi connectivity index (χ3v) is 2.88. The quantitative estimate of drug-likeness (QED) is 0.451. The van der Waals surface area contributed by atoms with E-state index in [0.717, 1.165) is 5.02 Å². The van der Waals surface area contributed by atoms with Crippen molar-refractivity contribution < 1.29 is 28.5 Å². The molecule has 0 bridgehead atoms. The highest BCUT2D eigenvalue weighted by atomic mass is 127. The molecule has 1 aromatic carbocycles. The first-order valence-electron chi connectivity index (χ1n) is 3.30. The summed E-state index contributed by atoms with van der Waals surface area (Å²) in [7, 11) is 2.03. The van der Waals surface area contributed by atoms with E-state index in [9.17, 15) is 0 Å². The van der Waals surface area contributed by atoms with Gasteiger partial charge in [-0.05, 0) is 12.1 Å². The monoisotopic (exact) mass is 311 g/mol. The molecule has 0 amide bonds. The summed E-state index contributed by atoms with van der Waals surface area (Å²) >= 11 is 7.53. The normalized spacial score (nSPS) is 9.83. The molecule has 0 aliphatic rings. The molecule has 0 radical (unpaired) electrons. The molecule has 64 valence electrons. The van der Waals surface area contributed by atoms with Crippen molar-refractivity contribution in [2.24, 2.45) is 7.05 Å². The van der Waals surface area contributed by atoms with Gasteiger partial charge >= 0.3 is 0 Å². The standard InChI is InChI=1S/C8H7ClNS.HI/c1-10-5-11-8-4-6(9)2-3-7(8)10;/h2-5H,1H3;1H/q+1;/p-1. The lowest BCUT2D eigenvalue weighted by Crippen LogP contribution is -3.00. The zero-order chi connectivity index (χ0) is 7.84. The number of thiazole rings is 1. The first-order valence-corrected chi connectivity index (χ1v) is 4.55. The highest BCUT2D eigenvalue weighted by molar-refractivity contribution is 7.16. The summed E-state index contributed by atoms with van der Waals surface area (Å²) in [4.78, 5) is 0. The highest BCUT2D eigenvalue weighted by Crippen LogP contribution is 2.19. The Balaban J connectivity index is 0.000000720. The van der Waals surface area contributed by atoms with Gasteiger partial charge in [0, 0.05) is 11.1 Å². The van der Waals surface area contributed by atoms with E-state index < -0.39 is 0 Å². The molecule has 0 saturated carbocycles. The number of nitrogens with zero attached hydrogens (tertiary/aromatic N) is 1.